The van der Waals surface area contributed by atoms with Gasteiger partial charge in [-0.3, -0.25) is 4.68 Å². The predicted molar refractivity (Wildman–Crippen MR) is 73.4 cm³/mol. The van der Waals surface area contributed by atoms with E-state index in [4.69, 9.17) is 5.21 Å². The Morgan fingerprint density at radius 3 is 2.67 bits per heavy atom. The molecule has 5 heteroatoms. The van der Waals surface area contributed by atoms with Crippen LogP contribution in [-0.4, -0.2) is 26.5 Å². The zero-order valence-electron chi connectivity index (χ0n) is 10.4. The van der Waals surface area contributed by atoms with Gasteiger partial charge in [-0.25, -0.2) is 0 Å². The SMILES string of the molecule is Cc1cc(/C(CSc2ccccc2)=N/O)n(C)n1. The highest BCUT2D eigenvalue weighted by Crippen LogP contribution is 2.19. The van der Waals surface area contributed by atoms with Gasteiger partial charge in [0.05, 0.1) is 11.4 Å². The summed E-state index contributed by atoms with van der Waals surface area (Å²) in [4.78, 5) is 1.15. The Morgan fingerprint density at radius 1 is 1.39 bits per heavy atom. The average molecular weight is 261 g/mol. The van der Waals surface area contributed by atoms with E-state index in [9.17, 15) is 0 Å². The van der Waals surface area contributed by atoms with Crippen molar-refractivity contribution in [1.29, 1.82) is 0 Å². The molecule has 0 bridgehead atoms. The highest BCUT2D eigenvalue weighted by molar-refractivity contribution is 8.00. The molecule has 1 aromatic heterocycles. The lowest BCUT2D eigenvalue weighted by molar-refractivity contribution is 0.319. The molecule has 0 spiro atoms. The third-order valence-corrected chi connectivity index (χ3v) is 3.56. The van der Waals surface area contributed by atoms with Crippen LogP contribution >= 0.6 is 11.8 Å². The summed E-state index contributed by atoms with van der Waals surface area (Å²) in [6.45, 7) is 1.92. The second-order valence-corrected chi connectivity index (χ2v) is 4.99. The zero-order chi connectivity index (χ0) is 13.0. The summed E-state index contributed by atoms with van der Waals surface area (Å²) in [5.74, 6) is 0.611. The minimum atomic E-state index is 0.611. The Kier molecular flexibility index (Phi) is 4.04. The molecule has 0 unspecified atom stereocenters. The van der Waals surface area contributed by atoms with Gasteiger partial charge in [0.2, 0.25) is 0 Å². The van der Waals surface area contributed by atoms with Crippen LogP contribution in [0.15, 0.2) is 46.4 Å². The predicted octanol–water partition coefficient (Wildman–Crippen LogP) is 2.70. The van der Waals surface area contributed by atoms with Crippen LogP contribution in [0.25, 0.3) is 0 Å². The molecule has 1 aromatic carbocycles. The number of benzene rings is 1. The molecule has 0 aliphatic heterocycles. The molecule has 2 rings (SSSR count). The van der Waals surface area contributed by atoms with Crippen molar-refractivity contribution in [2.75, 3.05) is 5.75 Å². The van der Waals surface area contributed by atoms with Crippen LogP contribution in [0.5, 0.6) is 0 Å². The summed E-state index contributed by atoms with van der Waals surface area (Å²) in [5.41, 5.74) is 2.39. The van der Waals surface area contributed by atoms with Crippen molar-refractivity contribution < 1.29 is 5.21 Å². The molecule has 0 saturated heterocycles. The molecule has 0 amide bonds. The van der Waals surface area contributed by atoms with Gasteiger partial charge < -0.3 is 5.21 Å². The van der Waals surface area contributed by atoms with Gasteiger partial charge in [0.1, 0.15) is 5.71 Å². The van der Waals surface area contributed by atoms with Crippen molar-refractivity contribution >= 4 is 17.5 Å². The fraction of sp³-hybridized carbons (Fsp3) is 0.231. The van der Waals surface area contributed by atoms with Gasteiger partial charge in [0.15, 0.2) is 0 Å². The normalized spacial score (nSPS) is 11.8. The molecule has 0 fully saturated rings. The van der Waals surface area contributed by atoms with E-state index < -0.39 is 0 Å². The molecule has 0 aliphatic rings. The molecule has 1 heterocycles. The Hall–Kier alpha value is -1.75. The fourth-order valence-electron chi connectivity index (χ4n) is 1.70. The molecule has 4 nitrogen and oxygen atoms in total. The van der Waals surface area contributed by atoms with Gasteiger partial charge in [-0.2, -0.15) is 5.10 Å². The summed E-state index contributed by atoms with van der Waals surface area (Å²) in [6.07, 6.45) is 0. The lowest BCUT2D eigenvalue weighted by atomic mass is 10.3. The van der Waals surface area contributed by atoms with Crippen molar-refractivity contribution in [3.63, 3.8) is 0 Å². The molecule has 0 atom stereocenters. The monoisotopic (exact) mass is 261 g/mol. The third kappa shape index (κ3) is 2.92. The minimum absolute atomic E-state index is 0.611. The largest absolute Gasteiger partial charge is 0.411 e. The molecule has 94 valence electrons. The van der Waals surface area contributed by atoms with Gasteiger partial charge >= 0.3 is 0 Å². The maximum atomic E-state index is 9.12. The summed E-state index contributed by atoms with van der Waals surface area (Å²) in [6, 6.07) is 12.0. The van der Waals surface area contributed by atoms with Crippen LogP contribution in [0, 0.1) is 6.92 Å². The van der Waals surface area contributed by atoms with E-state index in [1.165, 1.54) is 0 Å². The van der Waals surface area contributed by atoms with E-state index in [0.29, 0.717) is 11.5 Å². The number of aromatic nitrogens is 2. The number of thioether (sulfide) groups is 1. The standard InChI is InChI=1S/C13H15N3OS/c1-10-8-13(16(2)14-10)12(15-17)9-18-11-6-4-3-5-7-11/h3-8,17H,9H2,1-2H3/b15-12+. The van der Waals surface area contributed by atoms with Crippen molar-refractivity contribution in [3.8, 4) is 0 Å². The Bertz CT molecular complexity index is 549. The van der Waals surface area contributed by atoms with Gasteiger partial charge in [-0.1, -0.05) is 23.4 Å². The third-order valence-electron chi connectivity index (χ3n) is 2.54. The molecule has 0 aliphatic carbocycles. The first-order chi connectivity index (χ1) is 8.70. The van der Waals surface area contributed by atoms with E-state index in [1.807, 2.05) is 50.4 Å². The first-order valence-electron chi connectivity index (χ1n) is 5.60. The average Bonchev–Trinajstić information content (AvgIpc) is 2.71. The number of rotatable bonds is 4. The summed E-state index contributed by atoms with van der Waals surface area (Å²) < 4.78 is 1.73. The molecular formula is C13H15N3OS. The van der Waals surface area contributed by atoms with Crippen LogP contribution in [0.3, 0.4) is 0 Å². The summed E-state index contributed by atoms with van der Waals surface area (Å²) in [7, 11) is 1.85. The van der Waals surface area contributed by atoms with Crippen LogP contribution < -0.4 is 0 Å². The number of hydrogen-bond acceptors (Lipinski definition) is 4. The smallest absolute Gasteiger partial charge is 0.115 e. The zero-order valence-corrected chi connectivity index (χ0v) is 11.2. The van der Waals surface area contributed by atoms with Crippen LogP contribution in [-0.2, 0) is 7.05 Å². The number of nitrogens with zero attached hydrogens (tertiary/aromatic N) is 3. The van der Waals surface area contributed by atoms with Gasteiger partial charge in [0, 0.05) is 17.7 Å². The number of oxime groups is 1. The number of aryl methyl sites for hydroxylation is 2. The van der Waals surface area contributed by atoms with E-state index in [1.54, 1.807) is 16.4 Å². The number of hydrogen-bond donors (Lipinski definition) is 1. The second-order valence-electron chi connectivity index (χ2n) is 3.94. The lowest BCUT2D eigenvalue weighted by Crippen LogP contribution is -2.10. The van der Waals surface area contributed by atoms with E-state index in [0.717, 1.165) is 16.3 Å². The van der Waals surface area contributed by atoms with E-state index in [-0.39, 0.29) is 0 Å². The molecule has 2 aromatic rings. The van der Waals surface area contributed by atoms with E-state index >= 15 is 0 Å². The van der Waals surface area contributed by atoms with Crippen molar-refractivity contribution in [1.82, 2.24) is 9.78 Å². The molecule has 0 saturated carbocycles. The molecule has 18 heavy (non-hydrogen) atoms. The second kappa shape index (κ2) is 5.73. The maximum absolute atomic E-state index is 9.12. The molecule has 1 N–H and O–H groups in total. The fourth-order valence-corrected chi connectivity index (χ4v) is 2.56. The lowest BCUT2D eigenvalue weighted by Gasteiger charge is -2.04. The molecular weight excluding hydrogens is 246 g/mol. The van der Waals surface area contributed by atoms with E-state index in [2.05, 4.69) is 10.3 Å². The molecule has 0 radical (unpaired) electrons. The van der Waals surface area contributed by atoms with Crippen molar-refractivity contribution in [2.24, 2.45) is 12.2 Å². The highest BCUT2D eigenvalue weighted by atomic mass is 32.2. The van der Waals surface area contributed by atoms with Crippen molar-refractivity contribution in [2.45, 2.75) is 11.8 Å². The topological polar surface area (TPSA) is 50.4 Å². The Morgan fingerprint density at radius 2 is 2.11 bits per heavy atom. The van der Waals surface area contributed by atoms with Crippen molar-refractivity contribution in [3.05, 3.63) is 47.8 Å². The Labute approximate surface area is 110 Å². The maximum Gasteiger partial charge on any atom is 0.115 e. The van der Waals surface area contributed by atoms with Gasteiger partial charge in [0.25, 0.3) is 0 Å². The van der Waals surface area contributed by atoms with Gasteiger partial charge in [-0.15, -0.1) is 11.8 Å². The Balaban J connectivity index is 2.10. The first-order valence-corrected chi connectivity index (χ1v) is 6.59. The summed E-state index contributed by atoms with van der Waals surface area (Å²) >= 11 is 1.63. The van der Waals surface area contributed by atoms with Crippen LogP contribution in [0.2, 0.25) is 0 Å². The summed E-state index contributed by atoms with van der Waals surface area (Å²) in [5, 5.41) is 16.8. The van der Waals surface area contributed by atoms with Crippen LogP contribution in [0.1, 0.15) is 11.4 Å². The highest BCUT2D eigenvalue weighted by Gasteiger charge is 2.11. The minimum Gasteiger partial charge on any atom is -0.411 e. The van der Waals surface area contributed by atoms with Gasteiger partial charge in [-0.05, 0) is 25.1 Å². The first kappa shape index (κ1) is 12.7. The van der Waals surface area contributed by atoms with Crippen LogP contribution in [0.4, 0.5) is 0 Å². The quantitative estimate of drug-likeness (QED) is 0.398.